The van der Waals surface area contributed by atoms with Crippen molar-refractivity contribution in [2.75, 3.05) is 11.9 Å². The Kier molecular flexibility index (Phi) is 4.30. The van der Waals surface area contributed by atoms with E-state index in [2.05, 4.69) is 89.5 Å². The van der Waals surface area contributed by atoms with Crippen LogP contribution in [0.2, 0.25) is 0 Å². The Labute approximate surface area is 143 Å². The second-order valence-electron chi connectivity index (χ2n) is 6.39. The van der Waals surface area contributed by atoms with E-state index in [0.29, 0.717) is 6.04 Å². The summed E-state index contributed by atoms with van der Waals surface area (Å²) in [5, 5.41) is 7.31. The lowest BCUT2D eigenvalue weighted by Gasteiger charge is -2.15. The Hall–Kier alpha value is -2.58. The second-order valence-corrected chi connectivity index (χ2v) is 6.39. The van der Waals surface area contributed by atoms with Crippen molar-refractivity contribution < 1.29 is 0 Å². The molecule has 0 saturated heterocycles. The molecule has 0 aromatic heterocycles. The predicted octanol–water partition coefficient (Wildman–Crippen LogP) is 4.48. The van der Waals surface area contributed by atoms with Gasteiger partial charge >= 0.3 is 0 Å². The number of benzene rings is 3. The van der Waals surface area contributed by atoms with Crippen LogP contribution in [0.25, 0.3) is 11.1 Å². The summed E-state index contributed by atoms with van der Waals surface area (Å²) >= 11 is 0. The van der Waals surface area contributed by atoms with Gasteiger partial charge in [0.15, 0.2) is 0 Å². The molecule has 1 heterocycles. The third kappa shape index (κ3) is 3.34. The highest BCUT2D eigenvalue weighted by Gasteiger charge is 2.15. The molecule has 0 bridgehead atoms. The fourth-order valence-corrected chi connectivity index (χ4v) is 3.33. The van der Waals surface area contributed by atoms with Crippen LogP contribution in [0.4, 0.5) is 5.69 Å². The monoisotopic (exact) mass is 314 g/mol. The van der Waals surface area contributed by atoms with Gasteiger partial charge in [-0.1, -0.05) is 66.7 Å². The normalized spacial score (nSPS) is 16.8. The largest absolute Gasteiger partial charge is 0.383 e. The number of fused-ring (bicyclic) bond motifs is 1. The number of rotatable bonds is 3. The van der Waals surface area contributed by atoms with Crippen LogP contribution in [0.5, 0.6) is 0 Å². The van der Waals surface area contributed by atoms with Crippen molar-refractivity contribution in [1.29, 1.82) is 0 Å². The molecule has 0 fully saturated rings. The number of anilines is 1. The topological polar surface area (TPSA) is 24.1 Å². The van der Waals surface area contributed by atoms with E-state index in [4.69, 9.17) is 0 Å². The van der Waals surface area contributed by atoms with Gasteiger partial charge in [0.25, 0.3) is 0 Å². The summed E-state index contributed by atoms with van der Waals surface area (Å²) in [4.78, 5) is 0. The van der Waals surface area contributed by atoms with Gasteiger partial charge in [-0.15, -0.1) is 0 Å². The Balaban J connectivity index is 1.51. The van der Waals surface area contributed by atoms with Gasteiger partial charge in [-0.2, -0.15) is 0 Å². The van der Waals surface area contributed by atoms with Crippen LogP contribution in [0.15, 0.2) is 78.9 Å². The maximum Gasteiger partial charge on any atom is 0.0386 e. The average molecular weight is 314 g/mol. The molecule has 0 spiro atoms. The zero-order chi connectivity index (χ0) is 16.2. The highest BCUT2D eigenvalue weighted by atomic mass is 15.0. The van der Waals surface area contributed by atoms with Gasteiger partial charge in [0, 0.05) is 24.8 Å². The van der Waals surface area contributed by atoms with E-state index >= 15 is 0 Å². The minimum absolute atomic E-state index is 0.444. The molecule has 0 radical (unpaired) electrons. The minimum Gasteiger partial charge on any atom is -0.383 e. The molecular weight excluding hydrogens is 292 g/mol. The van der Waals surface area contributed by atoms with Gasteiger partial charge in [0.05, 0.1) is 0 Å². The number of hydrogen-bond donors (Lipinski definition) is 2. The standard InChI is InChI=1S/C22H22N2/c1-3-7-17(8-4-1)13-21-16-24-22-12-11-19(14-20(22)15-23-21)18-9-5-2-6-10-18/h1-12,14,21,23-24H,13,15-16H2. The van der Waals surface area contributed by atoms with Gasteiger partial charge < -0.3 is 10.6 Å². The molecule has 0 amide bonds. The van der Waals surface area contributed by atoms with Gasteiger partial charge in [-0.05, 0) is 40.8 Å². The minimum atomic E-state index is 0.444. The summed E-state index contributed by atoms with van der Waals surface area (Å²) in [6.45, 7) is 1.85. The van der Waals surface area contributed by atoms with Crippen LogP contribution in [0.3, 0.4) is 0 Å². The van der Waals surface area contributed by atoms with E-state index < -0.39 is 0 Å². The van der Waals surface area contributed by atoms with Crippen molar-refractivity contribution in [2.45, 2.75) is 19.0 Å². The second kappa shape index (κ2) is 6.90. The molecule has 3 aromatic carbocycles. The van der Waals surface area contributed by atoms with E-state index in [1.165, 1.54) is 27.9 Å². The summed E-state index contributed by atoms with van der Waals surface area (Å²) in [6, 6.07) is 28.4. The molecule has 0 saturated carbocycles. The molecule has 24 heavy (non-hydrogen) atoms. The first-order valence-corrected chi connectivity index (χ1v) is 8.58. The summed E-state index contributed by atoms with van der Waals surface area (Å²) in [5.74, 6) is 0. The van der Waals surface area contributed by atoms with Crippen molar-refractivity contribution >= 4 is 5.69 Å². The van der Waals surface area contributed by atoms with Gasteiger partial charge in [-0.25, -0.2) is 0 Å². The SMILES string of the molecule is c1ccc(CC2CNc3ccc(-c4ccccc4)cc3CN2)cc1. The number of hydrogen-bond acceptors (Lipinski definition) is 2. The van der Waals surface area contributed by atoms with Crippen LogP contribution in [-0.4, -0.2) is 12.6 Å². The Morgan fingerprint density at radius 1 is 0.792 bits per heavy atom. The van der Waals surface area contributed by atoms with Gasteiger partial charge in [0.2, 0.25) is 0 Å². The molecule has 1 aliphatic rings. The van der Waals surface area contributed by atoms with Crippen molar-refractivity contribution in [3.8, 4) is 11.1 Å². The molecular formula is C22H22N2. The predicted molar refractivity (Wildman–Crippen MR) is 101 cm³/mol. The van der Waals surface area contributed by atoms with E-state index in [0.717, 1.165) is 19.5 Å². The molecule has 3 aromatic rings. The van der Waals surface area contributed by atoms with Crippen molar-refractivity contribution in [3.05, 3.63) is 90.0 Å². The van der Waals surface area contributed by atoms with Crippen LogP contribution >= 0.6 is 0 Å². The summed E-state index contributed by atoms with van der Waals surface area (Å²) in [7, 11) is 0. The molecule has 1 aliphatic heterocycles. The highest BCUT2D eigenvalue weighted by Crippen LogP contribution is 2.26. The number of nitrogens with one attached hydrogen (secondary N) is 2. The fourth-order valence-electron chi connectivity index (χ4n) is 3.33. The maximum atomic E-state index is 3.70. The molecule has 1 atom stereocenters. The fraction of sp³-hybridized carbons (Fsp3) is 0.182. The Bertz CT molecular complexity index is 797. The summed E-state index contributed by atoms with van der Waals surface area (Å²) < 4.78 is 0. The average Bonchev–Trinajstić information content (AvgIpc) is 2.85. The van der Waals surface area contributed by atoms with Crippen molar-refractivity contribution in [3.63, 3.8) is 0 Å². The lowest BCUT2D eigenvalue weighted by atomic mass is 10.0. The zero-order valence-electron chi connectivity index (χ0n) is 13.7. The van der Waals surface area contributed by atoms with Crippen LogP contribution in [-0.2, 0) is 13.0 Å². The van der Waals surface area contributed by atoms with Crippen LogP contribution in [0.1, 0.15) is 11.1 Å². The zero-order valence-corrected chi connectivity index (χ0v) is 13.7. The van der Waals surface area contributed by atoms with Gasteiger partial charge in [-0.3, -0.25) is 0 Å². The molecule has 2 heteroatoms. The summed E-state index contributed by atoms with van der Waals surface area (Å²) in [5.41, 5.74) is 6.52. The third-order valence-electron chi connectivity index (χ3n) is 4.66. The molecule has 4 rings (SSSR count). The molecule has 120 valence electrons. The quantitative estimate of drug-likeness (QED) is 0.745. The Morgan fingerprint density at radius 3 is 2.33 bits per heavy atom. The van der Waals surface area contributed by atoms with Crippen LogP contribution in [0, 0.1) is 0 Å². The van der Waals surface area contributed by atoms with E-state index in [-0.39, 0.29) is 0 Å². The van der Waals surface area contributed by atoms with E-state index in [1.54, 1.807) is 0 Å². The first kappa shape index (κ1) is 15.0. The molecule has 2 nitrogen and oxygen atoms in total. The highest BCUT2D eigenvalue weighted by molar-refractivity contribution is 5.68. The third-order valence-corrected chi connectivity index (χ3v) is 4.66. The lowest BCUT2D eigenvalue weighted by Crippen LogP contribution is -2.34. The van der Waals surface area contributed by atoms with Crippen molar-refractivity contribution in [1.82, 2.24) is 5.32 Å². The van der Waals surface area contributed by atoms with Crippen LogP contribution < -0.4 is 10.6 Å². The first-order valence-electron chi connectivity index (χ1n) is 8.58. The maximum absolute atomic E-state index is 3.70. The Morgan fingerprint density at radius 2 is 1.54 bits per heavy atom. The molecule has 2 N–H and O–H groups in total. The van der Waals surface area contributed by atoms with Crippen molar-refractivity contribution in [2.24, 2.45) is 0 Å². The molecule has 0 aliphatic carbocycles. The lowest BCUT2D eigenvalue weighted by molar-refractivity contribution is 0.537. The molecule has 1 unspecified atom stereocenters. The van der Waals surface area contributed by atoms with Gasteiger partial charge in [0.1, 0.15) is 0 Å². The van der Waals surface area contributed by atoms with E-state index in [9.17, 15) is 0 Å². The van der Waals surface area contributed by atoms with E-state index in [1.807, 2.05) is 0 Å². The first-order chi connectivity index (χ1) is 11.9. The smallest absolute Gasteiger partial charge is 0.0386 e. The summed E-state index contributed by atoms with van der Waals surface area (Å²) in [6.07, 6.45) is 1.05.